The van der Waals surface area contributed by atoms with E-state index in [0.29, 0.717) is 5.56 Å². The number of aliphatic hydroxyl groups excluding tert-OH is 1. The molecule has 0 spiro atoms. The summed E-state index contributed by atoms with van der Waals surface area (Å²) in [6.45, 7) is 3.96. The minimum atomic E-state index is -0.996. The molecule has 12 heavy (non-hydrogen) atoms. The second-order valence-electron chi connectivity index (χ2n) is 2.88. The molecule has 62 valence electrons. The van der Waals surface area contributed by atoms with Gasteiger partial charge in [0.25, 0.3) is 0 Å². The molecule has 0 amide bonds. The molecule has 0 aromatic heterocycles. The number of benzene rings is 1. The van der Waals surface area contributed by atoms with Crippen LogP contribution >= 0.6 is 0 Å². The van der Waals surface area contributed by atoms with Gasteiger partial charge in [0.15, 0.2) is 6.10 Å². The first-order valence-corrected chi connectivity index (χ1v) is 3.80. The number of nitrogens with zero attached hydrogens (tertiary/aromatic N) is 1. The number of aryl methyl sites for hydroxylation is 2. The summed E-state index contributed by atoms with van der Waals surface area (Å²) in [5.41, 5.74) is 2.94. The van der Waals surface area contributed by atoms with Gasteiger partial charge in [-0.25, -0.2) is 0 Å². The van der Waals surface area contributed by atoms with E-state index in [0.717, 1.165) is 5.56 Å². The molecule has 1 atom stereocenters. The average Bonchev–Trinajstić information content (AvgIpc) is 2.08. The molecule has 1 aromatic rings. The molecule has 0 aliphatic carbocycles. The Morgan fingerprint density at radius 2 is 2.00 bits per heavy atom. The van der Waals surface area contributed by atoms with Gasteiger partial charge in [0.1, 0.15) is 0 Å². The van der Waals surface area contributed by atoms with E-state index >= 15 is 0 Å². The Morgan fingerprint density at radius 1 is 1.33 bits per heavy atom. The van der Waals surface area contributed by atoms with Crippen LogP contribution in [-0.2, 0) is 0 Å². The summed E-state index contributed by atoms with van der Waals surface area (Å²) >= 11 is 0. The molecule has 0 aliphatic heterocycles. The lowest BCUT2D eigenvalue weighted by Gasteiger charge is -2.05. The van der Waals surface area contributed by atoms with Gasteiger partial charge in [0.05, 0.1) is 6.07 Å². The minimum Gasteiger partial charge on any atom is -0.374 e. The standard InChI is InChI=1S/C10H11NO/c1-7-3-4-9(5-8(7)2)10(12)6-11/h3-5,10,12H,1-2H3. The van der Waals surface area contributed by atoms with Crippen molar-refractivity contribution in [1.82, 2.24) is 0 Å². The predicted molar refractivity (Wildman–Crippen MR) is 46.5 cm³/mol. The smallest absolute Gasteiger partial charge is 0.165 e. The summed E-state index contributed by atoms with van der Waals surface area (Å²) < 4.78 is 0. The Labute approximate surface area is 72.1 Å². The van der Waals surface area contributed by atoms with Gasteiger partial charge in [0, 0.05) is 0 Å². The number of hydrogen-bond acceptors (Lipinski definition) is 2. The molecule has 0 aliphatic rings. The fourth-order valence-corrected chi connectivity index (χ4v) is 1.01. The predicted octanol–water partition coefficient (Wildman–Crippen LogP) is 1.86. The largest absolute Gasteiger partial charge is 0.374 e. The summed E-state index contributed by atoms with van der Waals surface area (Å²) in [5.74, 6) is 0. The number of rotatable bonds is 1. The highest BCUT2D eigenvalue weighted by Crippen LogP contribution is 2.15. The van der Waals surface area contributed by atoms with E-state index in [2.05, 4.69) is 0 Å². The Balaban J connectivity index is 3.06. The highest BCUT2D eigenvalue weighted by atomic mass is 16.3. The van der Waals surface area contributed by atoms with Crippen LogP contribution in [0.15, 0.2) is 18.2 Å². The molecule has 0 fully saturated rings. The van der Waals surface area contributed by atoms with Crippen LogP contribution in [0.2, 0.25) is 0 Å². The van der Waals surface area contributed by atoms with Crippen LogP contribution in [0.3, 0.4) is 0 Å². The molecule has 2 heteroatoms. The Bertz CT molecular complexity index is 325. The second-order valence-corrected chi connectivity index (χ2v) is 2.88. The molecule has 0 saturated carbocycles. The van der Waals surface area contributed by atoms with E-state index in [1.165, 1.54) is 5.56 Å². The third-order valence-corrected chi connectivity index (χ3v) is 1.97. The van der Waals surface area contributed by atoms with Gasteiger partial charge in [-0.1, -0.05) is 18.2 Å². The van der Waals surface area contributed by atoms with Crippen molar-refractivity contribution in [2.45, 2.75) is 20.0 Å². The van der Waals surface area contributed by atoms with E-state index in [1.807, 2.05) is 26.0 Å². The monoisotopic (exact) mass is 161 g/mol. The highest BCUT2D eigenvalue weighted by molar-refractivity contribution is 5.32. The zero-order valence-electron chi connectivity index (χ0n) is 7.20. The molecule has 1 N–H and O–H groups in total. The topological polar surface area (TPSA) is 44.0 Å². The van der Waals surface area contributed by atoms with Crippen molar-refractivity contribution in [3.05, 3.63) is 34.9 Å². The number of aliphatic hydroxyl groups is 1. The third kappa shape index (κ3) is 1.63. The lowest BCUT2D eigenvalue weighted by molar-refractivity contribution is 0.236. The zero-order valence-corrected chi connectivity index (χ0v) is 7.20. The number of nitriles is 1. The van der Waals surface area contributed by atoms with Crippen molar-refractivity contribution in [1.29, 1.82) is 5.26 Å². The van der Waals surface area contributed by atoms with E-state index in [9.17, 15) is 5.11 Å². The molecule has 1 rings (SSSR count). The van der Waals surface area contributed by atoms with Crippen molar-refractivity contribution in [2.24, 2.45) is 0 Å². The van der Waals surface area contributed by atoms with Crippen LogP contribution in [0.25, 0.3) is 0 Å². The van der Waals surface area contributed by atoms with Crippen LogP contribution in [-0.4, -0.2) is 5.11 Å². The Morgan fingerprint density at radius 3 is 2.50 bits per heavy atom. The van der Waals surface area contributed by atoms with Crippen LogP contribution in [0.1, 0.15) is 22.8 Å². The summed E-state index contributed by atoms with van der Waals surface area (Å²) in [7, 11) is 0. The quantitative estimate of drug-likeness (QED) is 0.639. The van der Waals surface area contributed by atoms with Crippen molar-refractivity contribution in [3.63, 3.8) is 0 Å². The second kappa shape index (κ2) is 3.38. The molecule has 2 nitrogen and oxygen atoms in total. The lowest BCUT2D eigenvalue weighted by Crippen LogP contribution is -1.94. The number of hydrogen-bond donors (Lipinski definition) is 1. The first kappa shape index (κ1) is 8.76. The Kier molecular flexibility index (Phi) is 2.47. The molecular weight excluding hydrogens is 150 g/mol. The van der Waals surface area contributed by atoms with Gasteiger partial charge in [-0.05, 0) is 30.5 Å². The molecule has 1 unspecified atom stereocenters. The summed E-state index contributed by atoms with van der Waals surface area (Å²) in [6, 6.07) is 7.30. The van der Waals surface area contributed by atoms with E-state index in [4.69, 9.17) is 5.26 Å². The van der Waals surface area contributed by atoms with Crippen molar-refractivity contribution < 1.29 is 5.11 Å². The first-order chi connectivity index (χ1) is 5.65. The summed E-state index contributed by atoms with van der Waals surface area (Å²) in [4.78, 5) is 0. The van der Waals surface area contributed by atoms with Crippen LogP contribution in [0, 0.1) is 25.2 Å². The maximum Gasteiger partial charge on any atom is 0.165 e. The fraction of sp³-hybridized carbons (Fsp3) is 0.300. The summed E-state index contributed by atoms with van der Waals surface area (Å²) in [5, 5.41) is 17.6. The maximum atomic E-state index is 9.18. The third-order valence-electron chi connectivity index (χ3n) is 1.97. The zero-order chi connectivity index (χ0) is 9.14. The molecular formula is C10H11NO. The van der Waals surface area contributed by atoms with Crippen molar-refractivity contribution in [3.8, 4) is 6.07 Å². The lowest BCUT2D eigenvalue weighted by atomic mass is 10.0. The van der Waals surface area contributed by atoms with Crippen LogP contribution in [0.5, 0.6) is 0 Å². The molecule has 0 radical (unpaired) electrons. The summed E-state index contributed by atoms with van der Waals surface area (Å²) in [6.07, 6.45) is -0.996. The van der Waals surface area contributed by atoms with Gasteiger partial charge in [-0.15, -0.1) is 0 Å². The van der Waals surface area contributed by atoms with E-state index < -0.39 is 6.10 Å². The van der Waals surface area contributed by atoms with Gasteiger partial charge >= 0.3 is 0 Å². The maximum absolute atomic E-state index is 9.18. The van der Waals surface area contributed by atoms with Crippen molar-refractivity contribution in [2.75, 3.05) is 0 Å². The minimum absolute atomic E-state index is 0.667. The van der Waals surface area contributed by atoms with E-state index in [1.54, 1.807) is 12.1 Å². The average molecular weight is 161 g/mol. The van der Waals surface area contributed by atoms with Gasteiger partial charge < -0.3 is 5.11 Å². The van der Waals surface area contributed by atoms with Crippen molar-refractivity contribution >= 4 is 0 Å². The van der Waals surface area contributed by atoms with Crippen LogP contribution in [0.4, 0.5) is 0 Å². The van der Waals surface area contributed by atoms with E-state index in [-0.39, 0.29) is 0 Å². The van der Waals surface area contributed by atoms with Gasteiger partial charge in [-0.2, -0.15) is 5.26 Å². The van der Waals surface area contributed by atoms with Gasteiger partial charge in [0.2, 0.25) is 0 Å². The molecule has 0 bridgehead atoms. The molecule has 0 saturated heterocycles. The first-order valence-electron chi connectivity index (χ1n) is 3.80. The van der Waals surface area contributed by atoms with Crippen LogP contribution < -0.4 is 0 Å². The highest BCUT2D eigenvalue weighted by Gasteiger charge is 2.05. The fourth-order valence-electron chi connectivity index (χ4n) is 1.01. The Hall–Kier alpha value is -1.33. The SMILES string of the molecule is Cc1ccc(C(O)C#N)cc1C. The molecule has 1 aromatic carbocycles. The molecule has 0 heterocycles. The van der Waals surface area contributed by atoms with Gasteiger partial charge in [-0.3, -0.25) is 0 Å². The normalized spacial score (nSPS) is 12.2.